The highest BCUT2D eigenvalue weighted by atomic mass is 16.2. The molecule has 0 radical (unpaired) electrons. The summed E-state index contributed by atoms with van der Waals surface area (Å²) in [4.78, 5) is 13.0. The average molecular weight is 177 g/mol. The number of amides is 1. The predicted octanol–water partition coefficient (Wildman–Crippen LogP) is 0.448. The number of hydrogen-bond donors (Lipinski definition) is 0. The summed E-state index contributed by atoms with van der Waals surface area (Å²) in [6.07, 6.45) is 3.29. The number of hydrogen-bond acceptors (Lipinski definition) is 2. The van der Waals surface area contributed by atoms with Crippen LogP contribution >= 0.6 is 0 Å². The van der Waals surface area contributed by atoms with E-state index in [4.69, 9.17) is 0 Å². The molecule has 0 aromatic carbocycles. The van der Waals surface area contributed by atoms with E-state index in [0.29, 0.717) is 13.1 Å². The minimum Gasteiger partial charge on any atom is -0.329 e. The van der Waals surface area contributed by atoms with Crippen LogP contribution in [0.25, 0.3) is 0 Å². The molecule has 2 heterocycles. The highest BCUT2D eigenvalue weighted by Gasteiger charge is 2.23. The maximum absolute atomic E-state index is 11.2. The molecule has 13 heavy (non-hydrogen) atoms. The summed E-state index contributed by atoms with van der Waals surface area (Å²) >= 11 is 0. The number of aromatic nitrogens is 2. The van der Waals surface area contributed by atoms with Crippen LogP contribution in [-0.2, 0) is 24.9 Å². The Morgan fingerprint density at radius 2 is 2.46 bits per heavy atom. The first-order valence-corrected chi connectivity index (χ1v) is 4.13. The fourth-order valence-electron chi connectivity index (χ4n) is 1.58. The van der Waals surface area contributed by atoms with E-state index in [9.17, 15) is 4.79 Å². The Labute approximate surface area is 76.5 Å². The van der Waals surface area contributed by atoms with Crippen molar-refractivity contribution in [3.63, 3.8) is 0 Å². The van der Waals surface area contributed by atoms with Crippen LogP contribution in [0.5, 0.6) is 0 Å². The normalized spacial score (nSPS) is 14.4. The average Bonchev–Trinajstić information content (AvgIpc) is 2.59. The molecule has 1 aliphatic rings. The number of rotatable bonds is 1. The van der Waals surface area contributed by atoms with Gasteiger partial charge in [-0.3, -0.25) is 9.48 Å². The molecule has 1 aromatic rings. The maximum atomic E-state index is 11.2. The molecule has 0 spiro atoms. The second-order valence-corrected chi connectivity index (χ2v) is 3.17. The summed E-state index contributed by atoms with van der Waals surface area (Å²) in [6.45, 7) is 4.73. The summed E-state index contributed by atoms with van der Waals surface area (Å²) < 4.78 is 1.78. The lowest BCUT2D eigenvalue weighted by atomic mass is 10.3. The lowest BCUT2D eigenvalue weighted by Crippen LogP contribution is -2.23. The zero-order valence-corrected chi connectivity index (χ0v) is 7.53. The standard InChI is InChI=1S/C9H11N3O/c1-3-9(13)12-5-7-4-11(2)10-8(7)6-12/h3-4H,1,5-6H2,2H3. The van der Waals surface area contributed by atoms with Gasteiger partial charge in [0.2, 0.25) is 5.91 Å². The summed E-state index contributed by atoms with van der Waals surface area (Å²) in [5.41, 5.74) is 2.13. The summed E-state index contributed by atoms with van der Waals surface area (Å²) in [6, 6.07) is 0. The molecule has 0 unspecified atom stereocenters. The topological polar surface area (TPSA) is 38.1 Å². The number of carbonyl (C=O) groups is 1. The first-order chi connectivity index (χ1) is 6.20. The van der Waals surface area contributed by atoms with Crippen molar-refractivity contribution in [2.45, 2.75) is 13.1 Å². The van der Waals surface area contributed by atoms with Crippen molar-refractivity contribution in [3.05, 3.63) is 30.1 Å². The van der Waals surface area contributed by atoms with Crippen LogP contribution in [0.1, 0.15) is 11.3 Å². The van der Waals surface area contributed by atoms with E-state index in [1.165, 1.54) is 6.08 Å². The Hall–Kier alpha value is -1.58. The molecule has 0 bridgehead atoms. The van der Waals surface area contributed by atoms with Crippen LogP contribution in [0.3, 0.4) is 0 Å². The van der Waals surface area contributed by atoms with Gasteiger partial charge in [0.1, 0.15) is 0 Å². The van der Waals surface area contributed by atoms with E-state index in [0.717, 1.165) is 11.3 Å². The Bertz CT molecular complexity index is 343. The quantitative estimate of drug-likeness (QED) is 0.584. The van der Waals surface area contributed by atoms with Gasteiger partial charge in [-0.2, -0.15) is 5.10 Å². The number of fused-ring (bicyclic) bond motifs is 1. The predicted molar refractivity (Wildman–Crippen MR) is 47.7 cm³/mol. The van der Waals surface area contributed by atoms with Crippen molar-refractivity contribution in [1.29, 1.82) is 0 Å². The smallest absolute Gasteiger partial charge is 0.246 e. The van der Waals surface area contributed by atoms with Crippen LogP contribution in [0, 0.1) is 0 Å². The highest BCUT2D eigenvalue weighted by Crippen LogP contribution is 2.20. The van der Waals surface area contributed by atoms with E-state index in [2.05, 4.69) is 11.7 Å². The highest BCUT2D eigenvalue weighted by molar-refractivity contribution is 5.87. The van der Waals surface area contributed by atoms with Crippen molar-refractivity contribution in [1.82, 2.24) is 14.7 Å². The summed E-state index contributed by atoms with van der Waals surface area (Å²) in [7, 11) is 1.89. The largest absolute Gasteiger partial charge is 0.329 e. The summed E-state index contributed by atoms with van der Waals surface area (Å²) in [5, 5.41) is 4.25. The van der Waals surface area contributed by atoms with Gasteiger partial charge < -0.3 is 4.90 Å². The molecule has 68 valence electrons. The Morgan fingerprint density at radius 1 is 1.69 bits per heavy atom. The molecule has 1 aliphatic heterocycles. The van der Waals surface area contributed by atoms with Crippen LogP contribution in [0.2, 0.25) is 0 Å². The molecule has 1 amide bonds. The van der Waals surface area contributed by atoms with Crippen molar-refractivity contribution in [3.8, 4) is 0 Å². The lowest BCUT2D eigenvalue weighted by molar-refractivity contribution is -0.126. The minimum atomic E-state index is -0.0272. The van der Waals surface area contributed by atoms with Crippen LogP contribution in [0.4, 0.5) is 0 Å². The molecule has 0 fully saturated rings. The Morgan fingerprint density at radius 3 is 3.08 bits per heavy atom. The van der Waals surface area contributed by atoms with Crippen LogP contribution in [0.15, 0.2) is 18.9 Å². The third-order valence-corrected chi connectivity index (χ3v) is 2.18. The maximum Gasteiger partial charge on any atom is 0.246 e. The van der Waals surface area contributed by atoms with E-state index in [1.807, 2.05) is 13.2 Å². The van der Waals surface area contributed by atoms with Crippen molar-refractivity contribution in [2.24, 2.45) is 7.05 Å². The van der Waals surface area contributed by atoms with Gasteiger partial charge in [0.05, 0.1) is 12.2 Å². The van der Waals surface area contributed by atoms with Gasteiger partial charge in [-0.25, -0.2) is 0 Å². The molecule has 0 aliphatic carbocycles. The van der Waals surface area contributed by atoms with E-state index in [-0.39, 0.29) is 5.91 Å². The zero-order chi connectivity index (χ0) is 9.42. The molecule has 0 saturated heterocycles. The first kappa shape index (κ1) is 8.04. The molecule has 0 saturated carbocycles. The Kier molecular flexibility index (Phi) is 1.69. The van der Waals surface area contributed by atoms with Gasteiger partial charge in [0.25, 0.3) is 0 Å². The zero-order valence-electron chi connectivity index (χ0n) is 7.53. The molecule has 1 aromatic heterocycles. The molecular weight excluding hydrogens is 166 g/mol. The second kappa shape index (κ2) is 2.73. The third kappa shape index (κ3) is 1.24. The van der Waals surface area contributed by atoms with E-state index < -0.39 is 0 Å². The van der Waals surface area contributed by atoms with Crippen molar-refractivity contribution in [2.75, 3.05) is 0 Å². The van der Waals surface area contributed by atoms with Gasteiger partial charge in [-0.1, -0.05) is 6.58 Å². The van der Waals surface area contributed by atoms with Gasteiger partial charge in [-0.15, -0.1) is 0 Å². The lowest BCUT2D eigenvalue weighted by Gasteiger charge is -2.11. The molecule has 4 heteroatoms. The molecule has 0 N–H and O–H groups in total. The fourth-order valence-corrected chi connectivity index (χ4v) is 1.58. The van der Waals surface area contributed by atoms with Crippen molar-refractivity contribution < 1.29 is 4.79 Å². The van der Waals surface area contributed by atoms with E-state index >= 15 is 0 Å². The van der Waals surface area contributed by atoms with Gasteiger partial charge >= 0.3 is 0 Å². The Balaban J connectivity index is 2.19. The second-order valence-electron chi connectivity index (χ2n) is 3.17. The van der Waals surface area contributed by atoms with Crippen LogP contribution in [-0.4, -0.2) is 20.6 Å². The molecule has 0 atom stereocenters. The molecule has 4 nitrogen and oxygen atoms in total. The SMILES string of the molecule is C=CC(=O)N1Cc2cn(C)nc2C1. The molecular formula is C9H11N3O. The van der Waals surface area contributed by atoms with Gasteiger partial charge in [-0.05, 0) is 6.08 Å². The number of nitrogens with zero attached hydrogens (tertiary/aromatic N) is 3. The first-order valence-electron chi connectivity index (χ1n) is 4.13. The van der Waals surface area contributed by atoms with Gasteiger partial charge in [0.15, 0.2) is 0 Å². The number of carbonyl (C=O) groups excluding carboxylic acids is 1. The van der Waals surface area contributed by atoms with Gasteiger partial charge in [0, 0.05) is 25.4 Å². The minimum absolute atomic E-state index is 0.0272. The van der Waals surface area contributed by atoms with Crippen LogP contribution < -0.4 is 0 Å². The molecule has 2 rings (SSSR count). The fraction of sp³-hybridized carbons (Fsp3) is 0.333. The van der Waals surface area contributed by atoms with E-state index in [1.54, 1.807) is 9.58 Å². The number of aryl methyl sites for hydroxylation is 1. The van der Waals surface area contributed by atoms with Crippen molar-refractivity contribution >= 4 is 5.91 Å². The monoisotopic (exact) mass is 177 g/mol. The summed E-state index contributed by atoms with van der Waals surface area (Å²) in [5.74, 6) is -0.0272. The third-order valence-electron chi connectivity index (χ3n) is 2.18.